The number of aryl methyl sites for hydroxylation is 2. The third-order valence-corrected chi connectivity index (χ3v) is 1.97. The number of nitrogens with zero attached hydrogens (tertiary/aromatic N) is 4. The molecule has 0 aliphatic carbocycles. The van der Waals surface area contributed by atoms with Gasteiger partial charge in [-0.05, 0) is 0 Å². The van der Waals surface area contributed by atoms with Crippen molar-refractivity contribution in [1.82, 2.24) is 9.13 Å². The lowest BCUT2D eigenvalue weighted by Gasteiger charge is -1.89. The van der Waals surface area contributed by atoms with E-state index < -0.39 is 0 Å². The minimum atomic E-state index is 0. The SMILES string of the molecule is C.C[n+]1ccn(Cn2cc[n+](C)c2)c1. The van der Waals surface area contributed by atoms with Crippen LogP contribution in [0, 0.1) is 0 Å². The zero-order valence-corrected chi connectivity index (χ0v) is 7.96. The van der Waals surface area contributed by atoms with Crippen molar-refractivity contribution in [2.24, 2.45) is 14.1 Å². The van der Waals surface area contributed by atoms with E-state index in [0.29, 0.717) is 0 Å². The van der Waals surface area contributed by atoms with E-state index in [-0.39, 0.29) is 7.43 Å². The highest BCUT2D eigenvalue weighted by molar-refractivity contribution is 4.71. The molecule has 0 saturated carbocycles. The highest BCUT2D eigenvalue weighted by Gasteiger charge is 2.04. The van der Waals surface area contributed by atoms with E-state index in [1.54, 1.807) is 0 Å². The van der Waals surface area contributed by atoms with Gasteiger partial charge < -0.3 is 0 Å². The summed E-state index contributed by atoms with van der Waals surface area (Å²) in [5.41, 5.74) is 0. The molecule has 2 heterocycles. The van der Waals surface area contributed by atoms with Crippen LogP contribution < -0.4 is 9.13 Å². The van der Waals surface area contributed by atoms with Gasteiger partial charge in [-0.25, -0.2) is 9.13 Å². The standard InChI is InChI=1S/C9H14N4.CH4/c1-10-3-5-12(7-10)9-13-6-4-11(2)8-13;/h3-8H,9H2,1-2H3;1H4/q+2;. The molecule has 0 N–H and O–H groups in total. The molecule has 0 aliphatic rings. The van der Waals surface area contributed by atoms with E-state index in [1.807, 2.05) is 35.6 Å². The molecular formula is C10H18N4+2. The lowest BCUT2D eigenvalue weighted by molar-refractivity contribution is -0.671. The van der Waals surface area contributed by atoms with E-state index in [0.717, 1.165) is 6.67 Å². The molecule has 0 saturated heterocycles. The fourth-order valence-corrected chi connectivity index (χ4v) is 1.36. The summed E-state index contributed by atoms with van der Waals surface area (Å²) < 4.78 is 8.31. The van der Waals surface area contributed by atoms with E-state index in [9.17, 15) is 0 Å². The van der Waals surface area contributed by atoms with E-state index in [4.69, 9.17) is 0 Å². The first-order valence-corrected chi connectivity index (χ1v) is 4.26. The third-order valence-electron chi connectivity index (χ3n) is 1.97. The number of aromatic nitrogens is 4. The molecule has 0 aliphatic heterocycles. The highest BCUT2D eigenvalue weighted by Crippen LogP contribution is 1.87. The molecule has 0 atom stereocenters. The Kier molecular flexibility index (Phi) is 3.06. The first-order chi connectivity index (χ1) is 6.24. The largest absolute Gasteiger partial charge is 0.246 e. The van der Waals surface area contributed by atoms with Crippen molar-refractivity contribution in [3.05, 3.63) is 37.4 Å². The normalized spacial score (nSPS) is 9.86. The number of rotatable bonds is 2. The van der Waals surface area contributed by atoms with Gasteiger partial charge >= 0.3 is 0 Å². The van der Waals surface area contributed by atoms with Gasteiger partial charge in [0.2, 0.25) is 19.3 Å². The topological polar surface area (TPSA) is 17.6 Å². The average Bonchev–Trinajstić information content (AvgIpc) is 2.62. The molecule has 0 fully saturated rings. The van der Waals surface area contributed by atoms with Crippen molar-refractivity contribution in [3.8, 4) is 0 Å². The first-order valence-electron chi connectivity index (χ1n) is 4.26. The minimum Gasteiger partial charge on any atom is -0.239 e. The lowest BCUT2D eigenvalue weighted by Crippen LogP contribution is -2.25. The summed E-state index contributed by atoms with van der Waals surface area (Å²) >= 11 is 0. The molecule has 0 bridgehead atoms. The van der Waals surface area contributed by atoms with E-state index in [2.05, 4.69) is 34.2 Å². The molecule has 2 rings (SSSR count). The van der Waals surface area contributed by atoms with Crippen LogP contribution in [-0.2, 0) is 20.8 Å². The molecule has 0 amide bonds. The van der Waals surface area contributed by atoms with Crippen LogP contribution in [0.5, 0.6) is 0 Å². The monoisotopic (exact) mass is 194 g/mol. The minimum absolute atomic E-state index is 0. The van der Waals surface area contributed by atoms with Gasteiger partial charge in [0.15, 0.2) is 0 Å². The Morgan fingerprint density at radius 2 is 1.36 bits per heavy atom. The van der Waals surface area contributed by atoms with Gasteiger partial charge in [-0.3, -0.25) is 0 Å². The molecule has 76 valence electrons. The Balaban J connectivity index is 0.000000980. The van der Waals surface area contributed by atoms with E-state index in [1.165, 1.54) is 0 Å². The Morgan fingerprint density at radius 3 is 1.64 bits per heavy atom. The Hall–Kier alpha value is -1.58. The highest BCUT2D eigenvalue weighted by atomic mass is 15.2. The van der Waals surface area contributed by atoms with Crippen molar-refractivity contribution in [1.29, 1.82) is 0 Å². The Morgan fingerprint density at radius 1 is 0.929 bits per heavy atom. The second-order valence-electron chi connectivity index (χ2n) is 3.33. The summed E-state index contributed by atoms with van der Waals surface area (Å²) in [4.78, 5) is 0. The van der Waals surface area contributed by atoms with Gasteiger partial charge in [0, 0.05) is 0 Å². The van der Waals surface area contributed by atoms with Gasteiger partial charge in [-0.2, -0.15) is 9.13 Å². The van der Waals surface area contributed by atoms with Crippen LogP contribution in [0.15, 0.2) is 37.4 Å². The maximum absolute atomic E-state index is 2.12. The van der Waals surface area contributed by atoms with Crippen molar-refractivity contribution >= 4 is 0 Å². The summed E-state index contributed by atoms with van der Waals surface area (Å²) in [6.45, 7) is 0.863. The predicted octanol–water partition coefficient (Wildman–Crippen LogP) is 0.0805. The summed E-state index contributed by atoms with van der Waals surface area (Å²) in [5, 5.41) is 0. The van der Waals surface area contributed by atoms with Crippen LogP contribution >= 0.6 is 0 Å². The molecule has 0 unspecified atom stereocenters. The Bertz CT molecular complexity index is 361. The molecule has 0 radical (unpaired) electrons. The Labute approximate surface area is 84.7 Å². The molecule has 14 heavy (non-hydrogen) atoms. The van der Waals surface area contributed by atoms with Gasteiger partial charge in [0.25, 0.3) is 0 Å². The van der Waals surface area contributed by atoms with Crippen LogP contribution in [0.25, 0.3) is 0 Å². The smallest absolute Gasteiger partial charge is 0.239 e. The van der Waals surface area contributed by atoms with Gasteiger partial charge in [0.05, 0.1) is 14.1 Å². The summed E-state index contributed by atoms with van der Waals surface area (Å²) in [6, 6.07) is 0. The first kappa shape index (κ1) is 10.5. The molecule has 4 nitrogen and oxygen atoms in total. The van der Waals surface area contributed by atoms with Crippen molar-refractivity contribution < 1.29 is 9.13 Å². The second-order valence-corrected chi connectivity index (χ2v) is 3.33. The maximum atomic E-state index is 2.12. The van der Waals surface area contributed by atoms with Gasteiger partial charge in [0.1, 0.15) is 24.8 Å². The summed E-state index contributed by atoms with van der Waals surface area (Å²) in [7, 11) is 4.04. The van der Waals surface area contributed by atoms with Crippen molar-refractivity contribution in [3.63, 3.8) is 0 Å². The zero-order chi connectivity index (χ0) is 9.26. The number of imidazole rings is 2. The van der Waals surface area contributed by atoms with Crippen LogP contribution in [0.4, 0.5) is 0 Å². The number of hydrogen-bond donors (Lipinski definition) is 0. The van der Waals surface area contributed by atoms with Crippen LogP contribution in [0.2, 0.25) is 0 Å². The molecular weight excluding hydrogens is 176 g/mol. The van der Waals surface area contributed by atoms with Crippen LogP contribution in [0.3, 0.4) is 0 Å². The third kappa shape index (κ3) is 2.22. The molecule has 0 spiro atoms. The second kappa shape index (κ2) is 4.09. The molecule has 4 heteroatoms. The summed E-state index contributed by atoms with van der Waals surface area (Å²) in [5.74, 6) is 0. The fourth-order valence-electron chi connectivity index (χ4n) is 1.36. The summed E-state index contributed by atoms with van der Waals surface area (Å²) in [6.07, 6.45) is 12.3. The molecule has 2 aromatic rings. The van der Waals surface area contributed by atoms with Crippen LogP contribution in [-0.4, -0.2) is 9.13 Å². The number of hydrogen-bond acceptors (Lipinski definition) is 0. The molecule has 2 aromatic heterocycles. The van der Waals surface area contributed by atoms with Gasteiger partial charge in [-0.15, -0.1) is 0 Å². The van der Waals surface area contributed by atoms with Crippen molar-refractivity contribution in [2.45, 2.75) is 14.1 Å². The fraction of sp³-hybridized carbons (Fsp3) is 0.400. The lowest BCUT2D eigenvalue weighted by atomic mass is 10.8. The zero-order valence-electron chi connectivity index (χ0n) is 7.96. The molecule has 0 aromatic carbocycles. The van der Waals surface area contributed by atoms with Crippen LogP contribution in [0.1, 0.15) is 7.43 Å². The average molecular weight is 194 g/mol. The predicted molar refractivity (Wildman–Crippen MR) is 53.3 cm³/mol. The van der Waals surface area contributed by atoms with E-state index >= 15 is 0 Å². The van der Waals surface area contributed by atoms with Crippen molar-refractivity contribution in [2.75, 3.05) is 0 Å². The quantitative estimate of drug-likeness (QED) is 0.603. The maximum Gasteiger partial charge on any atom is 0.246 e. The van der Waals surface area contributed by atoms with Gasteiger partial charge in [-0.1, -0.05) is 7.43 Å².